The molecule has 1 heterocycles. The van der Waals surface area contributed by atoms with Crippen LogP contribution in [-0.2, 0) is 16.0 Å². The van der Waals surface area contributed by atoms with Gasteiger partial charge in [0, 0.05) is 13.0 Å². The Balaban J connectivity index is 1.97. The Morgan fingerprint density at radius 2 is 2.18 bits per heavy atom. The standard InChI is InChI=1S/C18H27NO3/c1-4-15-13-19(5-2)16-12-14(10-11-17(16)22-15)8-6-7-9-18(20)21-3/h10-12,15H,4-9,13H2,1-3H3. The topological polar surface area (TPSA) is 38.8 Å². The molecular weight excluding hydrogens is 278 g/mol. The lowest BCUT2D eigenvalue weighted by atomic mass is 10.0. The summed E-state index contributed by atoms with van der Waals surface area (Å²) in [6, 6.07) is 6.47. The zero-order valence-corrected chi connectivity index (χ0v) is 13.9. The summed E-state index contributed by atoms with van der Waals surface area (Å²) in [5, 5.41) is 0. The van der Waals surface area contributed by atoms with Crippen molar-refractivity contribution in [1.82, 2.24) is 0 Å². The molecule has 122 valence electrons. The Kier molecular flexibility index (Phi) is 6.10. The average molecular weight is 305 g/mol. The minimum absolute atomic E-state index is 0.124. The number of hydrogen-bond acceptors (Lipinski definition) is 4. The molecule has 0 fully saturated rings. The maximum absolute atomic E-state index is 11.1. The molecule has 0 spiro atoms. The highest BCUT2D eigenvalue weighted by atomic mass is 16.5. The third kappa shape index (κ3) is 4.15. The number of unbranched alkanes of at least 4 members (excludes halogenated alkanes) is 1. The van der Waals surface area contributed by atoms with Crippen molar-refractivity contribution in [3.05, 3.63) is 23.8 Å². The van der Waals surface area contributed by atoms with Crippen molar-refractivity contribution in [2.75, 3.05) is 25.1 Å². The van der Waals surface area contributed by atoms with Crippen LogP contribution in [0.2, 0.25) is 0 Å². The van der Waals surface area contributed by atoms with E-state index < -0.39 is 0 Å². The van der Waals surface area contributed by atoms with E-state index in [2.05, 4.69) is 41.7 Å². The molecule has 0 N–H and O–H groups in total. The molecule has 1 aliphatic rings. The normalized spacial score (nSPS) is 16.9. The summed E-state index contributed by atoms with van der Waals surface area (Å²) < 4.78 is 10.7. The van der Waals surface area contributed by atoms with Crippen LogP contribution in [0.4, 0.5) is 5.69 Å². The number of esters is 1. The van der Waals surface area contributed by atoms with Gasteiger partial charge in [-0.25, -0.2) is 0 Å². The van der Waals surface area contributed by atoms with Crippen LogP contribution in [-0.4, -0.2) is 32.3 Å². The molecular formula is C18H27NO3. The smallest absolute Gasteiger partial charge is 0.305 e. The summed E-state index contributed by atoms with van der Waals surface area (Å²) in [6.45, 7) is 6.31. The van der Waals surface area contributed by atoms with Gasteiger partial charge in [0.15, 0.2) is 0 Å². The lowest BCUT2D eigenvalue weighted by Crippen LogP contribution is -2.39. The second-order valence-electron chi connectivity index (χ2n) is 5.77. The molecule has 1 aromatic rings. The van der Waals surface area contributed by atoms with E-state index in [9.17, 15) is 4.79 Å². The van der Waals surface area contributed by atoms with Gasteiger partial charge in [-0.05, 0) is 50.3 Å². The third-order valence-electron chi connectivity index (χ3n) is 4.24. The van der Waals surface area contributed by atoms with E-state index in [1.807, 2.05) is 0 Å². The number of ether oxygens (including phenoxy) is 2. The number of methoxy groups -OCH3 is 1. The Labute approximate surface area is 133 Å². The van der Waals surface area contributed by atoms with E-state index >= 15 is 0 Å². The van der Waals surface area contributed by atoms with Crippen molar-refractivity contribution in [2.45, 2.75) is 52.1 Å². The second-order valence-corrected chi connectivity index (χ2v) is 5.77. The predicted molar refractivity (Wildman–Crippen MR) is 88.6 cm³/mol. The van der Waals surface area contributed by atoms with Crippen LogP contribution in [0.5, 0.6) is 5.75 Å². The van der Waals surface area contributed by atoms with Gasteiger partial charge in [0.1, 0.15) is 11.9 Å². The average Bonchev–Trinajstić information content (AvgIpc) is 2.57. The van der Waals surface area contributed by atoms with Crippen LogP contribution in [0, 0.1) is 0 Å². The molecule has 0 saturated heterocycles. The highest BCUT2D eigenvalue weighted by molar-refractivity contribution is 5.69. The van der Waals surface area contributed by atoms with Gasteiger partial charge in [-0.3, -0.25) is 4.79 Å². The highest BCUT2D eigenvalue weighted by Gasteiger charge is 2.23. The van der Waals surface area contributed by atoms with E-state index in [1.54, 1.807) is 0 Å². The maximum Gasteiger partial charge on any atom is 0.305 e. The molecule has 4 heteroatoms. The number of hydrogen-bond donors (Lipinski definition) is 0. The largest absolute Gasteiger partial charge is 0.486 e. The van der Waals surface area contributed by atoms with Crippen molar-refractivity contribution >= 4 is 11.7 Å². The minimum atomic E-state index is -0.124. The fourth-order valence-corrected chi connectivity index (χ4v) is 2.84. The highest BCUT2D eigenvalue weighted by Crippen LogP contribution is 2.35. The van der Waals surface area contributed by atoms with Crippen LogP contribution in [0.3, 0.4) is 0 Å². The van der Waals surface area contributed by atoms with Gasteiger partial charge in [0.05, 0.1) is 19.3 Å². The van der Waals surface area contributed by atoms with Gasteiger partial charge in [-0.2, -0.15) is 0 Å². The maximum atomic E-state index is 11.1. The summed E-state index contributed by atoms with van der Waals surface area (Å²) >= 11 is 0. The summed E-state index contributed by atoms with van der Waals surface area (Å²) in [4.78, 5) is 13.5. The number of likely N-dealkylation sites (N-methyl/N-ethyl adjacent to an activating group) is 1. The Bertz CT molecular complexity index is 501. The van der Waals surface area contributed by atoms with Crippen molar-refractivity contribution in [1.29, 1.82) is 0 Å². The number of rotatable bonds is 7. The van der Waals surface area contributed by atoms with Gasteiger partial charge in [-0.1, -0.05) is 13.0 Å². The Hall–Kier alpha value is -1.71. The zero-order valence-electron chi connectivity index (χ0n) is 13.9. The predicted octanol–water partition coefficient (Wildman–Crippen LogP) is 3.57. The van der Waals surface area contributed by atoms with Gasteiger partial charge < -0.3 is 14.4 Å². The van der Waals surface area contributed by atoms with Gasteiger partial charge in [0.25, 0.3) is 0 Å². The van der Waals surface area contributed by atoms with E-state index in [4.69, 9.17) is 4.74 Å². The number of benzene rings is 1. The third-order valence-corrected chi connectivity index (χ3v) is 4.24. The number of anilines is 1. The van der Waals surface area contributed by atoms with Gasteiger partial charge in [0.2, 0.25) is 0 Å². The molecule has 1 unspecified atom stereocenters. The van der Waals surface area contributed by atoms with Crippen molar-refractivity contribution in [2.24, 2.45) is 0 Å². The first-order chi connectivity index (χ1) is 10.7. The van der Waals surface area contributed by atoms with Crippen molar-refractivity contribution < 1.29 is 14.3 Å². The van der Waals surface area contributed by atoms with Gasteiger partial charge in [-0.15, -0.1) is 0 Å². The number of fused-ring (bicyclic) bond motifs is 1. The quantitative estimate of drug-likeness (QED) is 0.570. The lowest BCUT2D eigenvalue weighted by molar-refractivity contribution is -0.140. The minimum Gasteiger partial charge on any atom is -0.486 e. The first-order valence-corrected chi connectivity index (χ1v) is 8.29. The molecule has 1 aliphatic heterocycles. The second kappa shape index (κ2) is 8.06. The first kappa shape index (κ1) is 16.7. The molecule has 1 atom stereocenters. The monoisotopic (exact) mass is 305 g/mol. The van der Waals surface area contributed by atoms with E-state index in [0.29, 0.717) is 12.5 Å². The fraction of sp³-hybridized carbons (Fsp3) is 0.611. The number of carbonyl (C=O) groups is 1. The summed E-state index contributed by atoms with van der Waals surface area (Å²) in [6.07, 6.45) is 4.68. The molecule has 22 heavy (non-hydrogen) atoms. The molecule has 4 nitrogen and oxygen atoms in total. The SMILES string of the molecule is CCC1CN(CC)c2cc(CCCCC(=O)OC)ccc2O1. The van der Waals surface area contributed by atoms with Crippen molar-refractivity contribution in [3.63, 3.8) is 0 Å². The van der Waals surface area contributed by atoms with Crippen LogP contribution in [0.25, 0.3) is 0 Å². The zero-order chi connectivity index (χ0) is 15.9. The van der Waals surface area contributed by atoms with Crippen LogP contribution in [0.15, 0.2) is 18.2 Å². The van der Waals surface area contributed by atoms with Crippen LogP contribution in [0.1, 0.15) is 45.1 Å². The fourth-order valence-electron chi connectivity index (χ4n) is 2.84. The number of nitrogens with zero attached hydrogens (tertiary/aromatic N) is 1. The molecule has 0 aliphatic carbocycles. The van der Waals surface area contributed by atoms with E-state index in [0.717, 1.165) is 44.5 Å². The summed E-state index contributed by atoms with van der Waals surface area (Å²) in [5.74, 6) is 0.875. The number of carbonyl (C=O) groups excluding carboxylic acids is 1. The molecule has 0 radical (unpaired) electrons. The van der Waals surface area contributed by atoms with Crippen LogP contribution < -0.4 is 9.64 Å². The summed E-state index contributed by atoms with van der Waals surface area (Å²) in [7, 11) is 1.44. The molecule has 0 bridgehead atoms. The summed E-state index contributed by atoms with van der Waals surface area (Å²) in [5.41, 5.74) is 2.51. The van der Waals surface area contributed by atoms with E-state index in [1.165, 1.54) is 18.4 Å². The van der Waals surface area contributed by atoms with Gasteiger partial charge >= 0.3 is 5.97 Å². The molecule has 1 aromatic carbocycles. The molecule has 0 aromatic heterocycles. The Morgan fingerprint density at radius 3 is 2.86 bits per heavy atom. The van der Waals surface area contributed by atoms with Crippen LogP contribution >= 0.6 is 0 Å². The molecule has 2 rings (SSSR count). The Morgan fingerprint density at radius 1 is 1.36 bits per heavy atom. The first-order valence-electron chi connectivity index (χ1n) is 8.29. The number of aryl methyl sites for hydroxylation is 1. The van der Waals surface area contributed by atoms with Crippen molar-refractivity contribution in [3.8, 4) is 5.75 Å². The molecule has 0 saturated carbocycles. The lowest BCUT2D eigenvalue weighted by Gasteiger charge is -2.35. The van der Waals surface area contributed by atoms with E-state index in [-0.39, 0.29) is 5.97 Å². The molecule has 0 amide bonds.